The average molecular weight is 483 g/mol. The van der Waals surface area contributed by atoms with Gasteiger partial charge in [-0.3, -0.25) is 19.2 Å². The van der Waals surface area contributed by atoms with Gasteiger partial charge in [0.2, 0.25) is 0 Å². The summed E-state index contributed by atoms with van der Waals surface area (Å²) in [6, 6.07) is -2.83. The Kier molecular flexibility index (Phi) is 23.4. The molecule has 0 aromatic rings. The van der Waals surface area contributed by atoms with Gasteiger partial charge in [-0.2, -0.15) is 0 Å². The summed E-state index contributed by atoms with van der Waals surface area (Å²) in [5, 5.41) is 33.0. The van der Waals surface area contributed by atoms with Gasteiger partial charge in [-0.1, -0.05) is 55.4 Å². The lowest BCUT2D eigenvalue weighted by Crippen LogP contribution is -2.34. The number of carbonyl (C=O) groups is 4. The minimum Gasteiger partial charge on any atom is -0.480 e. The molecule has 12 nitrogen and oxygen atoms in total. The summed E-state index contributed by atoms with van der Waals surface area (Å²) in [6.45, 7) is 14.6. The fourth-order valence-corrected chi connectivity index (χ4v) is 1.46. The second-order valence-electron chi connectivity index (χ2n) is 8.90. The molecule has 0 aliphatic heterocycles. The summed E-state index contributed by atoms with van der Waals surface area (Å²) in [6.07, 6.45) is 0.551. The van der Waals surface area contributed by atoms with Gasteiger partial charge in [-0.05, 0) is 30.1 Å². The molecule has 0 spiro atoms. The maximum absolute atomic E-state index is 10.1. The molecule has 198 valence electrons. The zero-order chi connectivity index (χ0) is 27.6. The van der Waals surface area contributed by atoms with Crippen LogP contribution in [0.2, 0.25) is 0 Å². The van der Waals surface area contributed by atoms with Gasteiger partial charge in [-0.15, -0.1) is 0 Å². The van der Waals surface area contributed by atoms with Crippen LogP contribution in [0.15, 0.2) is 0 Å². The van der Waals surface area contributed by atoms with E-state index in [1.54, 1.807) is 41.5 Å². The molecule has 0 amide bonds. The van der Waals surface area contributed by atoms with Crippen molar-refractivity contribution in [3.63, 3.8) is 0 Å². The van der Waals surface area contributed by atoms with E-state index in [0.717, 1.165) is 0 Å². The van der Waals surface area contributed by atoms with Crippen molar-refractivity contribution < 1.29 is 39.6 Å². The van der Waals surface area contributed by atoms with Gasteiger partial charge in [0.1, 0.15) is 24.2 Å². The van der Waals surface area contributed by atoms with Crippen LogP contribution in [0.25, 0.3) is 0 Å². The van der Waals surface area contributed by atoms with E-state index in [0.29, 0.717) is 12.3 Å². The summed E-state index contributed by atoms with van der Waals surface area (Å²) in [5.41, 5.74) is 20.7. The molecule has 0 aromatic carbocycles. The van der Waals surface area contributed by atoms with E-state index in [2.05, 4.69) is 0 Å². The van der Waals surface area contributed by atoms with Crippen LogP contribution in [0, 0.1) is 23.7 Å². The summed E-state index contributed by atoms with van der Waals surface area (Å²) >= 11 is 0. The Morgan fingerprint density at radius 2 is 0.727 bits per heavy atom. The lowest BCUT2D eigenvalue weighted by atomic mass is 10.1. The van der Waals surface area contributed by atoms with E-state index in [4.69, 9.17) is 43.4 Å². The van der Waals surface area contributed by atoms with E-state index >= 15 is 0 Å². The number of carboxylic acids is 4. The van der Waals surface area contributed by atoms with Gasteiger partial charge < -0.3 is 43.4 Å². The van der Waals surface area contributed by atoms with Crippen molar-refractivity contribution in [3.8, 4) is 0 Å². The Hall–Kier alpha value is -2.28. The van der Waals surface area contributed by atoms with Crippen LogP contribution in [0.4, 0.5) is 0 Å². The predicted octanol–water partition coefficient (Wildman–Crippen LogP) is 0.607. The van der Waals surface area contributed by atoms with Crippen molar-refractivity contribution >= 4 is 23.9 Å². The molecule has 0 saturated heterocycles. The molecule has 0 aromatic heterocycles. The van der Waals surface area contributed by atoms with Crippen molar-refractivity contribution in [2.45, 2.75) is 86.0 Å². The molecule has 0 unspecified atom stereocenters. The lowest BCUT2D eigenvalue weighted by Gasteiger charge is -2.07. The van der Waals surface area contributed by atoms with Crippen molar-refractivity contribution in [2.75, 3.05) is 0 Å². The largest absolute Gasteiger partial charge is 0.480 e. The Labute approximate surface area is 196 Å². The molecule has 0 saturated carbocycles. The van der Waals surface area contributed by atoms with Crippen LogP contribution < -0.4 is 22.9 Å². The Bertz CT molecular complexity index is 511. The Balaban J connectivity index is -0.000000170. The van der Waals surface area contributed by atoms with Crippen molar-refractivity contribution in [1.82, 2.24) is 0 Å². The first-order valence-electron chi connectivity index (χ1n) is 10.6. The molecule has 0 radical (unpaired) electrons. The molecule has 12 heteroatoms. The Morgan fingerprint density at radius 1 is 0.515 bits per heavy atom. The number of aliphatic carboxylic acids is 4. The van der Waals surface area contributed by atoms with E-state index in [-0.39, 0.29) is 17.8 Å². The third-order valence-corrected chi connectivity index (χ3v) is 4.05. The van der Waals surface area contributed by atoms with Gasteiger partial charge in [0.25, 0.3) is 0 Å². The molecule has 0 aliphatic rings. The number of hydrogen-bond acceptors (Lipinski definition) is 8. The van der Waals surface area contributed by atoms with Gasteiger partial charge in [0.05, 0.1) is 0 Å². The summed E-state index contributed by atoms with van der Waals surface area (Å²) in [4.78, 5) is 40.2. The highest BCUT2D eigenvalue weighted by Crippen LogP contribution is 2.01. The zero-order valence-electron chi connectivity index (χ0n) is 21.1. The first-order valence-corrected chi connectivity index (χ1v) is 10.6. The van der Waals surface area contributed by atoms with Gasteiger partial charge in [-0.25, -0.2) is 0 Å². The molecular weight excluding hydrogens is 436 g/mol. The van der Waals surface area contributed by atoms with E-state index in [9.17, 15) is 19.2 Å². The molecule has 0 aliphatic carbocycles. The van der Waals surface area contributed by atoms with Crippen LogP contribution in [0.5, 0.6) is 0 Å². The molecule has 4 atom stereocenters. The minimum atomic E-state index is -0.931. The predicted molar refractivity (Wildman–Crippen MR) is 126 cm³/mol. The fraction of sp³-hybridized carbons (Fsp3) is 0.810. The molecule has 12 N–H and O–H groups in total. The summed E-state index contributed by atoms with van der Waals surface area (Å²) < 4.78 is 0. The third-order valence-electron chi connectivity index (χ3n) is 4.05. The van der Waals surface area contributed by atoms with Crippen LogP contribution in [0.3, 0.4) is 0 Å². The highest BCUT2D eigenvalue weighted by atomic mass is 16.4. The maximum Gasteiger partial charge on any atom is 0.320 e. The van der Waals surface area contributed by atoms with Crippen molar-refractivity contribution in [3.05, 3.63) is 0 Å². The van der Waals surface area contributed by atoms with Crippen LogP contribution in [-0.4, -0.2) is 68.5 Å². The molecular formula is C21H46N4O8. The van der Waals surface area contributed by atoms with Crippen LogP contribution in [-0.2, 0) is 19.2 Å². The minimum absolute atomic E-state index is 0.0208. The number of carboxylic acid groups (broad SMARTS) is 4. The molecule has 0 fully saturated rings. The molecule has 33 heavy (non-hydrogen) atoms. The highest BCUT2D eigenvalue weighted by Gasteiger charge is 2.15. The van der Waals surface area contributed by atoms with Crippen LogP contribution >= 0.6 is 0 Å². The average Bonchev–Trinajstić information content (AvgIpc) is 2.66. The van der Waals surface area contributed by atoms with Crippen molar-refractivity contribution in [1.29, 1.82) is 0 Å². The molecule has 0 heterocycles. The zero-order valence-corrected chi connectivity index (χ0v) is 21.1. The quantitative estimate of drug-likeness (QED) is 0.225. The maximum atomic E-state index is 10.1. The van der Waals surface area contributed by atoms with Gasteiger partial charge in [0.15, 0.2) is 0 Å². The smallest absolute Gasteiger partial charge is 0.320 e. The fourth-order valence-electron chi connectivity index (χ4n) is 1.46. The first kappa shape index (κ1) is 38.0. The summed E-state index contributed by atoms with van der Waals surface area (Å²) in [5.74, 6) is -3.28. The van der Waals surface area contributed by atoms with Crippen molar-refractivity contribution in [2.24, 2.45) is 46.6 Å². The normalized spacial score (nSPS) is 13.9. The number of hydrogen-bond donors (Lipinski definition) is 8. The highest BCUT2D eigenvalue weighted by molar-refractivity contribution is 5.74. The van der Waals surface area contributed by atoms with E-state index in [1.165, 1.54) is 0 Å². The second-order valence-corrected chi connectivity index (χ2v) is 8.90. The molecule has 0 rings (SSSR count). The molecule has 0 bridgehead atoms. The van der Waals surface area contributed by atoms with E-state index in [1.807, 2.05) is 13.8 Å². The van der Waals surface area contributed by atoms with Gasteiger partial charge >= 0.3 is 23.9 Å². The second kappa shape index (κ2) is 20.3. The summed E-state index contributed by atoms with van der Waals surface area (Å²) in [7, 11) is 0. The number of nitrogens with two attached hydrogens (primary N) is 4. The van der Waals surface area contributed by atoms with Gasteiger partial charge in [0, 0.05) is 0 Å². The van der Waals surface area contributed by atoms with Crippen LogP contribution in [0.1, 0.15) is 61.8 Å². The Morgan fingerprint density at radius 3 is 0.758 bits per heavy atom. The first-order chi connectivity index (χ1) is 14.7. The standard InChI is InChI=1S/C6H13NO2.3C5H11NO2/c1-4(2)3-5(7)6(8)9;3*1-3(2)4(6)5(7)8/h4-5H,3,7H2,1-2H3,(H,8,9);3*3-4H,6H2,1-2H3,(H,7,8)/t5-;3*4-/m0000/s1. The lowest BCUT2D eigenvalue weighted by molar-refractivity contribution is -0.140. The SMILES string of the molecule is CC(C)C[C@H](N)C(=O)O.CC(C)[C@H](N)C(=O)O.CC(C)[C@H](N)C(=O)O.CC(C)[C@H](N)C(=O)O. The topological polar surface area (TPSA) is 253 Å². The van der Waals surface area contributed by atoms with E-state index < -0.39 is 48.0 Å². The number of rotatable bonds is 9. The monoisotopic (exact) mass is 482 g/mol. The third kappa shape index (κ3) is 25.9.